The fraction of sp³-hybridized carbons (Fsp3) is 0.682. The van der Waals surface area contributed by atoms with Gasteiger partial charge in [0.1, 0.15) is 0 Å². The molecule has 1 aromatic carbocycles. The van der Waals surface area contributed by atoms with E-state index in [2.05, 4.69) is 10.6 Å². The molecule has 2 N–H and O–H groups in total. The van der Waals surface area contributed by atoms with E-state index in [0.717, 1.165) is 44.6 Å². The Morgan fingerprint density at radius 1 is 0.893 bits per heavy atom. The van der Waals surface area contributed by atoms with Crippen molar-refractivity contribution < 1.29 is 18.0 Å². The predicted molar refractivity (Wildman–Crippen MR) is 102 cm³/mol. The molecule has 0 unspecified atom stereocenters. The zero-order valence-corrected chi connectivity index (χ0v) is 16.2. The van der Waals surface area contributed by atoms with Crippen molar-refractivity contribution >= 4 is 5.91 Å². The van der Waals surface area contributed by atoms with Gasteiger partial charge >= 0.3 is 6.18 Å². The molecule has 1 amide bonds. The second kappa shape index (κ2) is 8.05. The molecule has 3 aliphatic rings. The number of amides is 1. The van der Waals surface area contributed by atoms with Crippen LogP contribution in [0.5, 0.6) is 0 Å². The highest BCUT2D eigenvalue weighted by Crippen LogP contribution is 2.43. The lowest BCUT2D eigenvalue weighted by atomic mass is 9.89. The van der Waals surface area contributed by atoms with Crippen molar-refractivity contribution in [2.75, 3.05) is 0 Å². The highest BCUT2D eigenvalue weighted by atomic mass is 19.4. The van der Waals surface area contributed by atoms with Gasteiger partial charge in [-0.15, -0.1) is 0 Å². The first kappa shape index (κ1) is 19.7. The summed E-state index contributed by atoms with van der Waals surface area (Å²) in [6.45, 7) is 0. The third kappa shape index (κ3) is 4.53. The molecule has 0 aromatic heterocycles. The third-order valence-corrected chi connectivity index (χ3v) is 6.53. The first-order valence-electron chi connectivity index (χ1n) is 10.7. The maximum Gasteiger partial charge on any atom is 0.416 e. The molecule has 0 aliphatic heterocycles. The van der Waals surface area contributed by atoms with Crippen LogP contribution in [0.15, 0.2) is 18.2 Å². The van der Waals surface area contributed by atoms with Gasteiger partial charge in [0.25, 0.3) is 5.91 Å². The normalized spacial score (nSPS) is 26.4. The minimum absolute atomic E-state index is 0.0520. The van der Waals surface area contributed by atoms with Gasteiger partial charge in [-0.1, -0.05) is 25.7 Å². The van der Waals surface area contributed by atoms with Gasteiger partial charge in [0, 0.05) is 23.7 Å². The summed E-state index contributed by atoms with van der Waals surface area (Å²) < 4.78 is 39.3. The molecule has 3 aliphatic carbocycles. The highest BCUT2D eigenvalue weighted by Gasteiger charge is 2.36. The molecule has 3 saturated carbocycles. The van der Waals surface area contributed by atoms with Crippen LogP contribution < -0.4 is 10.6 Å². The molecule has 6 heteroatoms. The number of benzene rings is 1. The van der Waals surface area contributed by atoms with E-state index >= 15 is 0 Å². The fourth-order valence-corrected chi connectivity index (χ4v) is 4.82. The highest BCUT2D eigenvalue weighted by molar-refractivity contribution is 5.96. The third-order valence-electron chi connectivity index (χ3n) is 6.53. The Kier molecular flexibility index (Phi) is 5.68. The van der Waals surface area contributed by atoms with Gasteiger partial charge < -0.3 is 10.6 Å². The minimum atomic E-state index is -4.38. The average molecular weight is 394 g/mol. The molecule has 0 heterocycles. The van der Waals surface area contributed by atoms with Gasteiger partial charge in [0.2, 0.25) is 0 Å². The van der Waals surface area contributed by atoms with Gasteiger partial charge in [-0.2, -0.15) is 13.2 Å². The lowest BCUT2D eigenvalue weighted by Crippen LogP contribution is -2.53. The largest absolute Gasteiger partial charge is 0.416 e. The summed E-state index contributed by atoms with van der Waals surface area (Å²) >= 11 is 0. The Morgan fingerprint density at radius 3 is 2.18 bits per heavy atom. The zero-order chi connectivity index (χ0) is 19.7. The van der Waals surface area contributed by atoms with Gasteiger partial charge in [-0.25, -0.2) is 0 Å². The van der Waals surface area contributed by atoms with Crippen molar-refractivity contribution in [2.45, 2.75) is 94.4 Å². The quantitative estimate of drug-likeness (QED) is 0.725. The van der Waals surface area contributed by atoms with Crippen LogP contribution in [0.3, 0.4) is 0 Å². The van der Waals surface area contributed by atoms with Crippen molar-refractivity contribution in [2.24, 2.45) is 0 Å². The molecular formula is C22H29F3N2O. The Balaban J connectivity index is 1.48. The topological polar surface area (TPSA) is 41.1 Å². The molecule has 154 valence electrons. The molecule has 1 aromatic rings. The molecular weight excluding hydrogens is 365 g/mol. The summed E-state index contributed by atoms with van der Waals surface area (Å²) in [6, 6.07) is 4.44. The van der Waals surface area contributed by atoms with Crippen LogP contribution in [0.1, 0.15) is 91.6 Å². The first-order chi connectivity index (χ1) is 13.4. The molecule has 3 nitrogen and oxygen atoms in total. The van der Waals surface area contributed by atoms with E-state index in [-0.39, 0.29) is 23.9 Å². The van der Waals surface area contributed by atoms with Crippen LogP contribution in [0, 0.1) is 0 Å². The Hall–Kier alpha value is -1.56. The van der Waals surface area contributed by atoms with Crippen molar-refractivity contribution in [3.63, 3.8) is 0 Å². The number of rotatable bonds is 5. The van der Waals surface area contributed by atoms with Crippen molar-refractivity contribution in [1.82, 2.24) is 10.6 Å². The second-order valence-electron chi connectivity index (χ2n) is 8.69. The number of carbonyl (C=O) groups is 1. The van der Waals surface area contributed by atoms with E-state index in [1.807, 2.05) is 0 Å². The van der Waals surface area contributed by atoms with Gasteiger partial charge in [-0.05, 0) is 68.2 Å². The summed E-state index contributed by atoms with van der Waals surface area (Å²) in [5.41, 5.74) is 0.313. The van der Waals surface area contributed by atoms with Crippen molar-refractivity contribution in [3.05, 3.63) is 34.9 Å². The number of alkyl halides is 3. The summed E-state index contributed by atoms with van der Waals surface area (Å²) in [5.74, 6) is -0.137. The maximum atomic E-state index is 13.1. The number of carbonyl (C=O) groups excluding carboxylic acids is 1. The maximum absolute atomic E-state index is 13.1. The van der Waals surface area contributed by atoms with E-state index in [1.165, 1.54) is 37.8 Å². The Labute approximate surface area is 164 Å². The average Bonchev–Trinajstić information content (AvgIpc) is 3.39. The van der Waals surface area contributed by atoms with Crippen LogP contribution in [0.2, 0.25) is 0 Å². The van der Waals surface area contributed by atoms with E-state index in [9.17, 15) is 18.0 Å². The summed E-state index contributed by atoms with van der Waals surface area (Å²) in [5, 5.41) is 6.90. The predicted octanol–water partition coefficient (Wildman–Crippen LogP) is 5.16. The number of hydrogen-bond donors (Lipinski definition) is 2. The van der Waals surface area contributed by atoms with Gasteiger partial charge in [0.15, 0.2) is 0 Å². The van der Waals surface area contributed by atoms with Crippen LogP contribution in [-0.2, 0) is 6.18 Å². The van der Waals surface area contributed by atoms with E-state index in [4.69, 9.17) is 0 Å². The number of halogens is 3. The molecule has 0 bridgehead atoms. The summed E-state index contributed by atoms with van der Waals surface area (Å²) in [4.78, 5) is 13.0. The fourth-order valence-electron chi connectivity index (χ4n) is 4.82. The SMILES string of the molecule is O=C(N[C@H]1CCCC[C@H]1NC1CCCC1)c1ccc(C(F)(F)F)cc1C1CC1. The van der Waals surface area contributed by atoms with E-state index in [0.29, 0.717) is 17.2 Å². The Bertz CT molecular complexity index is 708. The zero-order valence-electron chi connectivity index (χ0n) is 16.2. The number of nitrogens with one attached hydrogen (secondary N) is 2. The van der Waals surface area contributed by atoms with Gasteiger partial charge in [-0.3, -0.25) is 4.79 Å². The van der Waals surface area contributed by atoms with Crippen molar-refractivity contribution in [3.8, 4) is 0 Å². The Morgan fingerprint density at radius 2 is 1.54 bits per heavy atom. The molecule has 4 rings (SSSR count). The van der Waals surface area contributed by atoms with Crippen LogP contribution in [0.25, 0.3) is 0 Å². The lowest BCUT2D eigenvalue weighted by molar-refractivity contribution is -0.137. The first-order valence-corrected chi connectivity index (χ1v) is 10.7. The van der Waals surface area contributed by atoms with E-state index < -0.39 is 11.7 Å². The molecule has 0 radical (unpaired) electrons. The minimum Gasteiger partial charge on any atom is -0.348 e. The monoisotopic (exact) mass is 394 g/mol. The molecule has 0 saturated heterocycles. The molecule has 28 heavy (non-hydrogen) atoms. The molecule has 2 atom stereocenters. The lowest BCUT2D eigenvalue weighted by Gasteiger charge is -2.35. The van der Waals surface area contributed by atoms with Crippen LogP contribution >= 0.6 is 0 Å². The number of hydrogen-bond acceptors (Lipinski definition) is 2. The van der Waals surface area contributed by atoms with Crippen molar-refractivity contribution in [1.29, 1.82) is 0 Å². The smallest absolute Gasteiger partial charge is 0.348 e. The van der Waals surface area contributed by atoms with Crippen LogP contribution in [0.4, 0.5) is 13.2 Å². The van der Waals surface area contributed by atoms with Crippen LogP contribution in [-0.4, -0.2) is 24.0 Å². The van der Waals surface area contributed by atoms with Gasteiger partial charge in [0.05, 0.1) is 5.56 Å². The second-order valence-corrected chi connectivity index (χ2v) is 8.69. The summed E-state index contributed by atoms with van der Waals surface area (Å²) in [7, 11) is 0. The molecule has 0 spiro atoms. The summed E-state index contributed by atoms with van der Waals surface area (Å²) in [6.07, 6.45) is 6.46. The standard InChI is InChI=1S/C22H29F3N2O/c23-22(24,25)15-11-12-17(18(13-15)14-9-10-14)21(28)27-20-8-4-3-7-19(20)26-16-5-1-2-6-16/h11-14,16,19-20,26H,1-10H2,(H,27,28)/t19-,20+/m1/s1. The van der Waals surface area contributed by atoms with E-state index in [1.54, 1.807) is 0 Å². The molecule has 3 fully saturated rings.